The van der Waals surface area contributed by atoms with E-state index in [1.807, 2.05) is 0 Å². The average molecular weight is 467 g/mol. The number of benzene rings is 2. The van der Waals surface area contributed by atoms with Gasteiger partial charge in [-0.2, -0.15) is 25.9 Å². The van der Waals surface area contributed by atoms with Crippen molar-refractivity contribution in [2.24, 2.45) is 0 Å². The van der Waals surface area contributed by atoms with Crippen molar-refractivity contribution in [3.05, 3.63) is 59.7 Å². The molecule has 166 valence electrons. The van der Waals surface area contributed by atoms with E-state index in [1.54, 1.807) is 0 Å². The van der Waals surface area contributed by atoms with Gasteiger partial charge in [-0.15, -0.1) is 0 Å². The molecule has 0 saturated heterocycles. The van der Waals surface area contributed by atoms with Crippen LogP contribution in [0.5, 0.6) is 5.75 Å². The number of alkyl halides is 3. The van der Waals surface area contributed by atoms with E-state index in [-0.39, 0.29) is 25.4 Å². The number of hydrogen-bond donors (Lipinski definition) is 0. The molecule has 0 unspecified atom stereocenters. The Bertz CT molecular complexity index is 1070. The van der Waals surface area contributed by atoms with Crippen LogP contribution in [0.15, 0.2) is 53.4 Å². The van der Waals surface area contributed by atoms with Crippen LogP contribution in [0.1, 0.15) is 11.1 Å². The second kappa shape index (κ2) is 9.33. The van der Waals surface area contributed by atoms with Crippen molar-refractivity contribution in [2.45, 2.75) is 17.6 Å². The molecule has 0 spiro atoms. The highest BCUT2D eigenvalue weighted by Crippen LogP contribution is 2.31. The van der Waals surface area contributed by atoms with E-state index in [2.05, 4.69) is 0 Å². The molecule has 0 fully saturated rings. The number of nitrogens with zero attached hydrogens (tertiary/aromatic N) is 1. The maximum atomic E-state index is 13.0. The van der Waals surface area contributed by atoms with Crippen LogP contribution in [0.2, 0.25) is 0 Å². The lowest BCUT2D eigenvalue weighted by Gasteiger charge is -2.22. The van der Waals surface area contributed by atoms with Crippen LogP contribution in [0.4, 0.5) is 13.2 Å². The molecule has 0 aliphatic heterocycles. The van der Waals surface area contributed by atoms with E-state index in [9.17, 15) is 30.0 Å². The van der Waals surface area contributed by atoms with Crippen molar-refractivity contribution in [3.8, 4) is 5.75 Å². The van der Waals surface area contributed by atoms with Crippen molar-refractivity contribution < 1.29 is 38.9 Å². The monoisotopic (exact) mass is 467 g/mol. The van der Waals surface area contributed by atoms with Crippen LogP contribution in [0, 0.1) is 0 Å². The highest BCUT2D eigenvalue weighted by Gasteiger charge is 2.33. The highest BCUT2D eigenvalue weighted by molar-refractivity contribution is 7.89. The molecule has 0 amide bonds. The summed E-state index contributed by atoms with van der Waals surface area (Å²) in [6.07, 6.45) is -3.80. The van der Waals surface area contributed by atoms with Crippen LogP contribution in [-0.4, -0.2) is 47.7 Å². The van der Waals surface area contributed by atoms with Gasteiger partial charge < -0.3 is 8.92 Å². The van der Waals surface area contributed by atoms with Crippen molar-refractivity contribution in [1.82, 2.24) is 4.31 Å². The first kappa shape index (κ1) is 24.1. The highest BCUT2D eigenvalue weighted by atomic mass is 32.2. The predicted octanol–water partition coefficient (Wildman–Crippen LogP) is 2.88. The summed E-state index contributed by atoms with van der Waals surface area (Å²) in [5.41, 5.74) is -0.597. The third kappa shape index (κ3) is 6.69. The third-order valence-electron chi connectivity index (χ3n) is 3.87. The number of hydrogen-bond acceptors (Lipinski definition) is 6. The molecule has 0 bridgehead atoms. The third-order valence-corrected chi connectivity index (χ3v) is 6.21. The van der Waals surface area contributed by atoms with Gasteiger partial charge in [-0.1, -0.05) is 18.2 Å². The van der Waals surface area contributed by atoms with Crippen molar-refractivity contribution in [1.29, 1.82) is 0 Å². The van der Waals surface area contributed by atoms with Crippen molar-refractivity contribution in [2.75, 3.05) is 26.5 Å². The van der Waals surface area contributed by atoms with Gasteiger partial charge in [-0.05, 0) is 35.9 Å². The Labute approximate surface area is 173 Å². The first-order valence-corrected chi connectivity index (χ1v) is 11.7. The van der Waals surface area contributed by atoms with Gasteiger partial charge in [-0.25, -0.2) is 8.42 Å². The molecule has 0 aromatic heterocycles. The van der Waals surface area contributed by atoms with Crippen LogP contribution < -0.4 is 4.18 Å². The topological polar surface area (TPSA) is 90.0 Å². The SMILES string of the molecule is COCCN(Cc1ccc(OS(C)(=O)=O)cc1)S(=O)(=O)c1cccc(C(F)(F)F)c1. The maximum Gasteiger partial charge on any atom is 0.416 e. The summed E-state index contributed by atoms with van der Waals surface area (Å²) in [4.78, 5) is -0.495. The van der Waals surface area contributed by atoms with Gasteiger partial charge >= 0.3 is 16.3 Å². The zero-order valence-electron chi connectivity index (χ0n) is 16.1. The Kier molecular flexibility index (Phi) is 7.50. The van der Waals surface area contributed by atoms with Crippen LogP contribution in [0.3, 0.4) is 0 Å². The molecule has 0 N–H and O–H groups in total. The van der Waals surface area contributed by atoms with Crippen molar-refractivity contribution >= 4 is 20.1 Å². The molecule has 2 aromatic rings. The molecule has 0 saturated carbocycles. The Morgan fingerprint density at radius 1 is 1.00 bits per heavy atom. The Morgan fingerprint density at radius 2 is 1.63 bits per heavy atom. The molecule has 0 radical (unpaired) electrons. The van der Waals surface area contributed by atoms with E-state index in [0.29, 0.717) is 11.6 Å². The van der Waals surface area contributed by atoms with Gasteiger partial charge in [-0.3, -0.25) is 0 Å². The summed E-state index contributed by atoms with van der Waals surface area (Å²) in [6.45, 7) is -0.245. The molecule has 0 atom stereocenters. The lowest BCUT2D eigenvalue weighted by atomic mass is 10.2. The van der Waals surface area contributed by atoms with E-state index >= 15 is 0 Å². The molecular weight excluding hydrogens is 447 g/mol. The predicted molar refractivity (Wildman–Crippen MR) is 103 cm³/mol. The fraction of sp³-hybridized carbons (Fsp3) is 0.333. The molecule has 12 heteroatoms. The van der Waals surface area contributed by atoms with Gasteiger partial charge in [0.15, 0.2) is 0 Å². The average Bonchev–Trinajstić information content (AvgIpc) is 2.64. The fourth-order valence-corrected chi connectivity index (χ4v) is 4.41. The van der Waals surface area contributed by atoms with Gasteiger partial charge in [0.05, 0.1) is 23.3 Å². The molecule has 0 aliphatic carbocycles. The number of rotatable bonds is 9. The number of ether oxygens (including phenoxy) is 1. The minimum absolute atomic E-state index is 0.0213. The van der Waals surface area contributed by atoms with E-state index < -0.39 is 36.8 Å². The van der Waals surface area contributed by atoms with E-state index in [0.717, 1.165) is 28.8 Å². The normalized spacial score (nSPS) is 12.9. The maximum absolute atomic E-state index is 13.0. The zero-order chi connectivity index (χ0) is 22.6. The quantitative estimate of drug-likeness (QED) is 0.527. The Hall–Kier alpha value is -2.15. The number of halogens is 3. The fourth-order valence-electron chi connectivity index (χ4n) is 2.49. The lowest BCUT2D eigenvalue weighted by Crippen LogP contribution is -2.33. The summed E-state index contributed by atoms with van der Waals surface area (Å²) in [7, 11) is -6.61. The molecule has 0 heterocycles. The summed E-state index contributed by atoms with van der Waals surface area (Å²) < 4.78 is 97.8. The second-order valence-electron chi connectivity index (χ2n) is 6.29. The molecule has 0 aliphatic rings. The first-order chi connectivity index (χ1) is 13.8. The van der Waals surface area contributed by atoms with Crippen molar-refractivity contribution in [3.63, 3.8) is 0 Å². The Balaban J connectivity index is 2.33. The molecule has 2 rings (SSSR count). The van der Waals surface area contributed by atoms with E-state index in [4.69, 9.17) is 8.92 Å². The largest absolute Gasteiger partial charge is 0.416 e. The molecular formula is C18H20F3NO6S2. The minimum Gasteiger partial charge on any atom is -0.383 e. The smallest absolute Gasteiger partial charge is 0.383 e. The van der Waals surface area contributed by atoms with Gasteiger partial charge in [0, 0.05) is 20.2 Å². The standard InChI is InChI=1S/C18H20F3NO6S2/c1-27-11-10-22(13-14-6-8-16(9-7-14)28-29(2,23)24)30(25,26)17-5-3-4-15(12-17)18(19,20)21/h3-9,12H,10-11,13H2,1-2H3. The zero-order valence-corrected chi connectivity index (χ0v) is 17.7. The lowest BCUT2D eigenvalue weighted by molar-refractivity contribution is -0.137. The molecule has 7 nitrogen and oxygen atoms in total. The van der Waals surface area contributed by atoms with Gasteiger partial charge in [0.2, 0.25) is 10.0 Å². The summed E-state index contributed by atoms with van der Waals surface area (Å²) in [5, 5.41) is 0. The summed E-state index contributed by atoms with van der Waals surface area (Å²) in [5.74, 6) is 0.0467. The van der Waals surface area contributed by atoms with Crippen LogP contribution in [-0.2, 0) is 37.6 Å². The van der Waals surface area contributed by atoms with Crippen LogP contribution in [0.25, 0.3) is 0 Å². The van der Waals surface area contributed by atoms with Gasteiger partial charge in [0.25, 0.3) is 0 Å². The first-order valence-electron chi connectivity index (χ1n) is 8.48. The number of sulfonamides is 1. The molecule has 30 heavy (non-hydrogen) atoms. The minimum atomic E-state index is -4.68. The molecule has 2 aromatic carbocycles. The van der Waals surface area contributed by atoms with Crippen LogP contribution >= 0.6 is 0 Å². The number of methoxy groups -OCH3 is 1. The Morgan fingerprint density at radius 3 is 2.17 bits per heavy atom. The summed E-state index contributed by atoms with van der Waals surface area (Å²) in [6, 6.07) is 9.11. The summed E-state index contributed by atoms with van der Waals surface area (Å²) >= 11 is 0. The van der Waals surface area contributed by atoms with E-state index in [1.165, 1.54) is 31.4 Å². The van der Waals surface area contributed by atoms with Gasteiger partial charge in [0.1, 0.15) is 5.75 Å². The second-order valence-corrected chi connectivity index (χ2v) is 9.80.